The summed E-state index contributed by atoms with van der Waals surface area (Å²) in [5.74, 6) is 1.14. The number of ether oxygens (including phenoxy) is 2. The summed E-state index contributed by atoms with van der Waals surface area (Å²) in [6.45, 7) is 1.39. The van der Waals surface area contributed by atoms with Gasteiger partial charge in [-0.2, -0.15) is 5.10 Å². The van der Waals surface area contributed by atoms with Gasteiger partial charge in [0.25, 0.3) is 0 Å². The summed E-state index contributed by atoms with van der Waals surface area (Å²) >= 11 is 0. The molecule has 0 aliphatic heterocycles. The molecule has 0 spiro atoms. The lowest BCUT2D eigenvalue weighted by atomic mass is 10.2. The minimum absolute atomic E-state index is 0.224. The van der Waals surface area contributed by atoms with Gasteiger partial charge in [0.05, 0.1) is 20.4 Å². The van der Waals surface area contributed by atoms with E-state index >= 15 is 0 Å². The second kappa shape index (κ2) is 5.75. The Morgan fingerprint density at radius 2 is 2.12 bits per heavy atom. The summed E-state index contributed by atoms with van der Waals surface area (Å²) < 4.78 is 10.2. The quantitative estimate of drug-likeness (QED) is 0.614. The zero-order chi connectivity index (χ0) is 12.0. The van der Waals surface area contributed by atoms with Crippen LogP contribution in [-0.2, 0) is 4.79 Å². The monoisotopic (exact) mass is 222 g/mol. The summed E-state index contributed by atoms with van der Waals surface area (Å²) in [4.78, 5) is 10.6. The van der Waals surface area contributed by atoms with Gasteiger partial charge in [-0.15, -0.1) is 0 Å². The lowest BCUT2D eigenvalue weighted by molar-refractivity contribution is -0.118. The third-order valence-electron chi connectivity index (χ3n) is 1.86. The summed E-state index contributed by atoms with van der Waals surface area (Å²) in [5.41, 5.74) is 3.05. The van der Waals surface area contributed by atoms with E-state index in [2.05, 4.69) is 10.5 Å². The van der Waals surface area contributed by atoms with Gasteiger partial charge in [-0.25, -0.2) is 5.43 Å². The van der Waals surface area contributed by atoms with Crippen LogP contribution in [-0.4, -0.2) is 26.3 Å². The average molecular weight is 222 g/mol. The molecule has 16 heavy (non-hydrogen) atoms. The molecule has 1 amide bonds. The highest BCUT2D eigenvalue weighted by molar-refractivity contribution is 5.85. The second-order valence-corrected chi connectivity index (χ2v) is 3.03. The molecule has 0 aliphatic rings. The van der Waals surface area contributed by atoms with Crippen molar-refractivity contribution < 1.29 is 14.3 Å². The van der Waals surface area contributed by atoms with Crippen molar-refractivity contribution in [2.24, 2.45) is 5.10 Å². The number of hydrogen-bond acceptors (Lipinski definition) is 4. The van der Waals surface area contributed by atoms with E-state index in [1.807, 2.05) is 0 Å². The van der Waals surface area contributed by atoms with E-state index in [9.17, 15) is 4.79 Å². The van der Waals surface area contributed by atoms with Crippen LogP contribution in [0.3, 0.4) is 0 Å². The molecule has 86 valence electrons. The van der Waals surface area contributed by atoms with Crippen LogP contribution in [0.5, 0.6) is 11.5 Å². The molecular formula is C11H14N2O3. The van der Waals surface area contributed by atoms with E-state index in [4.69, 9.17) is 9.47 Å². The van der Waals surface area contributed by atoms with Gasteiger partial charge in [-0.05, 0) is 18.2 Å². The van der Waals surface area contributed by atoms with E-state index in [0.29, 0.717) is 11.5 Å². The molecule has 1 aromatic carbocycles. The number of nitrogens with one attached hydrogen (secondary N) is 1. The summed E-state index contributed by atoms with van der Waals surface area (Å²) in [6, 6.07) is 5.33. The normalized spacial score (nSPS) is 10.2. The van der Waals surface area contributed by atoms with Gasteiger partial charge in [0.1, 0.15) is 11.5 Å². The lowest BCUT2D eigenvalue weighted by Gasteiger charge is -2.06. The van der Waals surface area contributed by atoms with Crippen molar-refractivity contribution in [3.8, 4) is 11.5 Å². The zero-order valence-corrected chi connectivity index (χ0v) is 9.48. The summed E-state index contributed by atoms with van der Waals surface area (Å²) in [5, 5.41) is 3.77. The van der Waals surface area contributed by atoms with Crippen LogP contribution >= 0.6 is 0 Å². The van der Waals surface area contributed by atoms with Crippen LogP contribution < -0.4 is 14.9 Å². The van der Waals surface area contributed by atoms with Crippen LogP contribution in [0.25, 0.3) is 0 Å². The van der Waals surface area contributed by atoms with Crippen molar-refractivity contribution in [3.63, 3.8) is 0 Å². The minimum atomic E-state index is -0.224. The van der Waals surface area contributed by atoms with Crippen LogP contribution in [0.1, 0.15) is 12.5 Å². The molecular weight excluding hydrogens is 208 g/mol. The third kappa shape index (κ3) is 3.27. The highest BCUT2D eigenvalue weighted by atomic mass is 16.5. The van der Waals surface area contributed by atoms with Gasteiger partial charge >= 0.3 is 0 Å². The molecule has 0 aromatic heterocycles. The molecule has 0 fully saturated rings. The van der Waals surface area contributed by atoms with Crippen LogP contribution in [0.4, 0.5) is 0 Å². The Balaban J connectivity index is 2.90. The SMILES string of the molecule is COc1ccc(OC)c(/C=N\NC(C)=O)c1. The van der Waals surface area contributed by atoms with E-state index in [0.717, 1.165) is 5.56 Å². The number of methoxy groups -OCH3 is 2. The molecule has 0 aliphatic carbocycles. The highest BCUT2D eigenvalue weighted by Crippen LogP contribution is 2.22. The molecule has 0 unspecified atom stereocenters. The van der Waals surface area contributed by atoms with E-state index in [1.165, 1.54) is 13.1 Å². The maximum absolute atomic E-state index is 10.6. The van der Waals surface area contributed by atoms with Gasteiger partial charge in [0.15, 0.2) is 0 Å². The first-order valence-electron chi connectivity index (χ1n) is 4.69. The van der Waals surface area contributed by atoms with Crippen LogP contribution in [0, 0.1) is 0 Å². The first-order valence-corrected chi connectivity index (χ1v) is 4.69. The zero-order valence-electron chi connectivity index (χ0n) is 9.48. The topological polar surface area (TPSA) is 59.9 Å². The Bertz CT molecular complexity index is 402. The molecule has 0 saturated carbocycles. The number of nitrogens with zero attached hydrogens (tertiary/aromatic N) is 1. The predicted octanol–water partition coefficient (Wildman–Crippen LogP) is 1.17. The number of amides is 1. The third-order valence-corrected chi connectivity index (χ3v) is 1.86. The van der Waals surface area contributed by atoms with Crippen molar-refractivity contribution in [3.05, 3.63) is 23.8 Å². The molecule has 0 radical (unpaired) electrons. The molecule has 5 heteroatoms. The number of benzene rings is 1. The lowest BCUT2D eigenvalue weighted by Crippen LogP contribution is -2.12. The first-order chi connectivity index (χ1) is 7.67. The number of rotatable bonds is 4. The number of carbonyl (C=O) groups is 1. The van der Waals surface area contributed by atoms with Crippen molar-refractivity contribution in [2.45, 2.75) is 6.92 Å². The molecule has 0 bridgehead atoms. The Kier molecular flexibility index (Phi) is 4.32. The Labute approximate surface area is 94.1 Å². The fraction of sp³-hybridized carbons (Fsp3) is 0.273. The van der Waals surface area contributed by atoms with Crippen LogP contribution in [0.2, 0.25) is 0 Å². The van der Waals surface area contributed by atoms with Crippen molar-refractivity contribution in [1.82, 2.24) is 5.43 Å². The Morgan fingerprint density at radius 1 is 1.38 bits per heavy atom. The Morgan fingerprint density at radius 3 is 2.69 bits per heavy atom. The maximum atomic E-state index is 10.6. The van der Waals surface area contributed by atoms with Gasteiger partial charge < -0.3 is 9.47 Å². The van der Waals surface area contributed by atoms with E-state index in [1.54, 1.807) is 32.4 Å². The fourth-order valence-electron chi connectivity index (χ4n) is 1.13. The molecule has 5 nitrogen and oxygen atoms in total. The summed E-state index contributed by atoms with van der Waals surface area (Å²) in [6.07, 6.45) is 1.50. The van der Waals surface area contributed by atoms with E-state index < -0.39 is 0 Å². The van der Waals surface area contributed by atoms with Gasteiger partial charge in [0.2, 0.25) is 5.91 Å². The van der Waals surface area contributed by atoms with Crippen LogP contribution in [0.15, 0.2) is 23.3 Å². The molecule has 0 heterocycles. The number of hydrazone groups is 1. The largest absolute Gasteiger partial charge is 0.497 e. The molecule has 1 rings (SSSR count). The van der Waals surface area contributed by atoms with Crippen molar-refractivity contribution in [2.75, 3.05) is 14.2 Å². The standard InChI is InChI=1S/C11H14N2O3/c1-8(14)13-12-7-9-6-10(15-2)4-5-11(9)16-3/h4-7H,1-3H3,(H,13,14)/b12-7-. The fourth-order valence-corrected chi connectivity index (χ4v) is 1.13. The molecule has 1 aromatic rings. The molecule has 0 atom stereocenters. The predicted molar refractivity (Wildman–Crippen MR) is 61.0 cm³/mol. The summed E-state index contributed by atoms with van der Waals surface area (Å²) in [7, 11) is 3.15. The van der Waals surface area contributed by atoms with Gasteiger partial charge in [0, 0.05) is 12.5 Å². The van der Waals surface area contributed by atoms with Crippen molar-refractivity contribution in [1.29, 1.82) is 0 Å². The average Bonchev–Trinajstić information content (AvgIpc) is 2.28. The van der Waals surface area contributed by atoms with Gasteiger partial charge in [-0.3, -0.25) is 4.79 Å². The molecule has 0 saturated heterocycles. The van der Waals surface area contributed by atoms with E-state index in [-0.39, 0.29) is 5.91 Å². The number of hydrogen-bond donors (Lipinski definition) is 1. The minimum Gasteiger partial charge on any atom is -0.497 e. The van der Waals surface area contributed by atoms with Crippen molar-refractivity contribution >= 4 is 12.1 Å². The van der Waals surface area contributed by atoms with Gasteiger partial charge in [-0.1, -0.05) is 0 Å². The maximum Gasteiger partial charge on any atom is 0.236 e. The smallest absolute Gasteiger partial charge is 0.236 e. The first kappa shape index (κ1) is 12.0. The molecule has 1 N–H and O–H groups in total. The Hall–Kier alpha value is -2.04. The highest BCUT2D eigenvalue weighted by Gasteiger charge is 2.02. The number of carbonyl (C=O) groups excluding carboxylic acids is 1. The second-order valence-electron chi connectivity index (χ2n) is 3.03.